The Kier molecular flexibility index (Phi) is 4.18. The molecule has 0 saturated heterocycles. The zero-order valence-electron chi connectivity index (χ0n) is 11.6. The molecular formula is C17H15BrN2O. The van der Waals surface area contributed by atoms with Crippen molar-refractivity contribution in [2.75, 3.05) is 7.05 Å². The van der Waals surface area contributed by atoms with Gasteiger partial charge in [-0.2, -0.15) is 0 Å². The van der Waals surface area contributed by atoms with Gasteiger partial charge >= 0.3 is 0 Å². The fourth-order valence-corrected chi connectivity index (χ4v) is 2.71. The Morgan fingerprint density at radius 1 is 1.05 bits per heavy atom. The molecular weight excluding hydrogens is 328 g/mol. The maximum Gasteiger partial charge on any atom is 0.227 e. The number of nitrogens with zero attached hydrogens (tertiary/aromatic N) is 1. The van der Waals surface area contributed by atoms with Gasteiger partial charge in [-0.1, -0.05) is 34.1 Å². The number of pyridine rings is 1. The summed E-state index contributed by atoms with van der Waals surface area (Å²) >= 11 is 3.55. The van der Waals surface area contributed by atoms with Gasteiger partial charge in [-0.15, -0.1) is 0 Å². The number of hydrogen-bond donors (Lipinski definition) is 1. The first-order chi connectivity index (χ1) is 10.3. The first-order valence-corrected chi connectivity index (χ1v) is 7.52. The molecule has 0 unspecified atom stereocenters. The van der Waals surface area contributed by atoms with Gasteiger partial charge in [-0.05, 0) is 42.9 Å². The lowest BCUT2D eigenvalue weighted by atomic mass is 10.2. The summed E-state index contributed by atoms with van der Waals surface area (Å²) in [4.78, 5) is 4.35. The lowest BCUT2D eigenvalue weighted by molar-refractivity contribution is 0.469. The van der Waals surface area contributed by atoms with Crippen molar-refractivity contribution in [3.8, 4) is 11.6 Å². The van der Waals surface area contributed by atoms with Crippen LogP contribution in [0.4, 0.5) is 0 Å². The second-order valence-corrected chi connectivity index (χ2v) is 5.58. The molecule has 0 saturated carbocycles. The van der Waals surface area contributed by atoms with E-state index in [0.717, 1.165) is 27.5 Å². The van der Waals surface area contributed by atoms with Gasteiger partial charge in [0.05, 0.1) is 0 Å². The van der Waals surface area contributed by atoms with E-state index in [1.165, 1.54) is 5.56 Å². The van der Waals surface area contributed by atoms with Crippen molar-refractivity contribution in [1.29, 1.82) is 0 Å². The predicted molar refractivity (Wildman–Crippen MR) is 88.7 cm³/mol. The molecule has 0 aliphatic rings. The van der Waals surface area contributed by atoms with E-state index in [1.807, 2.05) is 55.6 Å². The molecule has 1 N–H and O–H groups in total. The highest BCUT2D eigenvalue weighted by Gasteiger charge is 2.07. The fraction of sp³-hybridized carbons (Fsp3) is 0.118. The molecule has 1 heterocycles. The Hall–Kier alpha value is -1.91. The van der Waals surface area contributed by atoms with E-state index in [9.17, 15) is 0 Å². The van der Waals surface area contributed by atoms with Crippen LogP contribution >= 0.6 is 15.9 Å². The summed E-state index contributed by atoms with van der Waals surface area (Å²) in [5.74, 6) is 1.41. The van der Waals surface area contributed by atoms with Crippen LogP contribution in [0.3, 0.4) is 0 Å². The second kappa shape index (κ2) is 6.24. The van der Waals surface area contributed by atoms with Gasteiger partial charge in [0.25, 0.3) is 0 Å². The van der Waals surface area contributed by atoms with Crippen molar-refractivity contribution >= 4 is 26.7 Å². The van der Waals surface area contributed by atoms with Gasteiger partial charge in [0.2, 0.25) is 5.88 Å². The molecule has 0 fully saturated rings. The van der Waals surface area contributed by atoms with Crippen LogP contribution in [-0.4, -0.2) is 12.0 Å². The minimum atomic E-state index is 0.621. The van der Waals surface area contributed by atoms with Gasteiger partial charge in [-0.3, -0.25) is 0 Å². The molecule has 0 aliphatic carbocycles. The molecule has 3 nitrogen and oxygen atoms in total. The lowest BCUT2D eigenvalue weighted by Crippen LogP contribution is -2.04. The number of benzene rings is 2. The van der Waals surface area contributed by atoms with Crippen molar-refractivity contribution in [2.45, 2.75) is 6.54 Å². The van der Waals surface area contributed by atoms with Crippen LogP contribution in [0.25, 0.3) is 10.8 Å². The summed E-state index contributed by atoms with van der Waals surface area (Å²) in [6, 6.07) is 16.0. The van der Waals surface area contributed by atoms with Crippen molar-refractivity contribution in [3.63, 3.8) is 0 Å². The Bertz CT molecular complexity index is 756. The fourth-order valence-electron chi connectivity index (χ4n) is 2.21. The van der Waals surface area contributed by atoms with Crippen LogP contribution in [0, 0.1) is 0 Å². The van der Waals surface area contributed by atoms with Gasteiger partial charge < -0.3 is 10.1 Å². The quantitative estimate of drug-likeness (QED) is 0.757. The molecule has 0 bridgehead atoms. The SMILES string of the molecule is CNCc1ccc(Oc2nccc3c(Br)cccc23)cc1. The largest absolute Gasteiger partial charge is 0.438 e. The average Bonchev–Trinajstić information content (AvgIpc) is 2.51. The number of halogens is 1. The number of nitrogens with one attached hydrogen (secondary N) is 1. The number of aromatic nitrogens is 1. The van der Waals surface area contributed by atoms with E-state index in [2.05, 4.69) is 26.2 Å². The zero-order chi connectivity index (χ0) is 14.7. The van der Waals surface area contributed by atoms with E-state index in [0.29, 0.717) is 5.88 Å². The molecule has 106 valence electrons. The molecule has 1 aromatic heterocycles. The Morgan fingerprint density at radius 3 is 2.62 bits per heavy atom. The smallest absolute Gasteiger partial charge is 0.227 e. The molecule has 0 radical (unpaired) electrons. The first kappa shape index (κ1) is 14.0. The van der Waals surface area contributed by atoms with Gasteiger partial charge in [0.15, 0.2) is 0 Å². The van der Waals surface area contributed by atoms with Crippen molar-refractivity contribution in [3.05, 3.63) is 64.8 Å². The first-order valence-electron chi connectivity index (χ1n) is 6.72. The number of ether oxygens (including phenoxy) is 1. The van der Waals surface area contributed by atoms with Crippen molar-refractivity contribution < 1.29 is 4.74 Å². The Morgan fingerprint density at radius 2 is 1.86 bits per heavy atom. The molecule has 2 aromatic carbocycles. The minimum Gasteiger partial charge on any atom is -0.438 e. The van der Waals surface area contributed by atoms with Crippen molar-refractivity contribution in [2.24, 2.45) is 0 Å². The third-order valence-electron chi connectivity index (χ3n) is 3.24. The zero-order valence-corrected chi connectivity index (χ0v) is 13.2. The van der Waals surface area contributed by atoms with Crippen LogP contribution in [0.1, 0.15) is 5.56 Å². The standard InChI is InChI=1S/C17H15BrN2O/c1-19-11-12-5-7-13(8-6-12)21-17-15-3-2-4-16(18)14(15)9-10-20-17/h2-10,19H,11H2,1H3. The maximum absolute atomic E-state index is 5.93. The van der Waals surface area contributed by atoms with Gasteiger partial charge in [0.1, 0.15) is 5.75 Å². The maximum atomic E-state index is 5.93. The predicted octanol–water partition coefficient (Wildman–Crippen LogP) is 4.51. The Balaban J connectivity index is 1.93. The molecule has 0 spiro atoms. The summed E-state index contributed by atoms with van der Waals surface area (Å²) in [7, 11) is 1.93. The Labute approximate surface area is 132 Å². The van der Waals surface area contributed by atoms with Crippen LogP contribution in [-0.2, 0) is 6.54 Å². The summed E-state index contributed by atoms with van der Waals surface area (Å²) in [5, 5.41) is 5.21. The van der Waals surface area contributed by atoms with E-state index in [-0.39, 0.29) is 0 Å². The molecule has 0 atom stereocenters. The number of fused-ring (bicyclic) bond motifs is 1. The lowest BCUT2D eigenvalue weighted by Gasteiger charge is -2.09. The molecule has 3 aromatic rings. The van der Waals surface area contributed by atoms with Crippen LogP contribution < -0.4 is 10.1 Å². The number of hydrogen-bond acceptors (Lipinski definition) is 3. The molecule has 4 heteroatoms. The average molecular weight is 343 g/mol. The van der Waals surface area contributed by atoms with E-state index < -0.39 is 0 Å². The number of rotatable bonds is 4. The second-order valence-electron chi connectivity index (χ2n) is 4.73. The van der Waals surface area contributed by atoms with E-state index in [4.69, 9.17) is 4.74 Å². The third-order valence-corrected chi connectivity index (χ3v) is 3.93. The highest BCUT2D eigenvalue weighted by atomic mass is 79.9. The van der Waals surface area contributed by atoms with E-state index in [1.54, 1.807) is 6.20 Å². The van der Waals surface area contributed by atoms with Crippen LogP contribution in [0.5, 0.6) is 11.6 Å². The van der Waals surface area contributed by atoms with E-state index >= 15 is 0 Å². The molecule has 3 rings (SSSR count). The summed E-state index contributed by atoms with van der Waals surface area (Å²) in [6.07, 6.45) is 1.76. The van der Waals surface area contributed by atoms with Gasteiger partial charge in [0, 0.05) is 28.0 Å². The molecule has 0 aliphatic heterocycles. The monoisotopic (exact) mass is 342 g/mol. The molecule has 21 heavy (non-hydrogen) atoms. The third kappa shape index (κ3) is 3.06. The topological polar surface area (TPSA) is 34.1 Å². The van der Waals surface area contributed by atoms with Crippen LogP contribution in [0.2, 0.25) is 0 Å². The van der Waals surface area contributed by atoms with Gasteiger partial charge in [-0.25, -0.2) is 4.98 Å². The minimum absolute atomic E-state index is 0.621. The summed E-state index contributed by atoms with van der Waals surface area (Å²) in [6.45, 7) is 0.847. The highest BCUT2D eigenvalue weighted by molar-refractivity contribution is 9.10. The molecule has 0 amide bonds. The normalized spacial score (nSPS) is 10.8. The van der Waals surface area contributed by atoms with Crippen molar-refractivity contribution in [1.82, 2.24) is 10.3 Å². The summed E-state index contributed by atoms with van der Waals surface area (Å²) in [5.41, 5.74) is 1.22. The summed E-state index contributed by atoms with van der Waals surface area (Å²) < 4.78 is 6.97. The highest BCUT2D eigenvalue weighted by Crippen LogP contribution is 2.31. The van der Waals surface area contributed by atoms with Crippen LogP contribution in [0.15, 0.2) is 59.2 Å².